The maximum absolute atomic E-state index is 4.41. The number of rotatable bonds is 6. The molecule has 4 heteroatoms. The highest BCUT2D eigenvalue weighted by atomic mass is 15.1. The summed E-state index contributed by atoms with van der Waals surface area (Å²) in [6.45, 7) is 8.19. The lowest BCUT2D eigenvalue weighted by Crippen LogP contribution is -2.16. The summed E-state index contributed by atoms with van der Waals surface area (Å²) >= 11 is 0. The first-order valence-corrected chi connectivity index (χ1v) is 6.95. The predicted octanol–water partition coefficient (Wildman–Crippen LogP) is 2.64. The van der Waals surface area contributed by atoms with Gasteiger partial charge in [0.05, 0.1) is 5.69 Å². The molecule has 0 radical (unpaired) electrons. The first-order valence-electron chi connectivity index (χ1n) is 6.95. The molecule has 0 amide bonds. The van der Waals surface area contributed by atoms with Crippen molar-refractivity contribution in [2.45, 2.75) is 40.2 Å². The lowest BCUT2D eigenvalue weighted by atomic mass is 10.2. The molecule has 0 aliphatic heterocycles. The molecule has 2 aromatic heterocycles. The monoisotopic (exact) mass is 258 g/mol. The van der Waals surface area contributed by atoms with Crippen molar-refractivity contribution in [2.75, 3.05) is 6.54 Å². The van der Waals surface area contributed by atoms with Crippen LogP contribution in [0.5, 0.6) is 0 Å². The molecule has 0 bridgehead atoms. The predicted molar refractivity (Wildman–Crippen MR) is 77.5 cm³/mol. The highest BCUT2D eigenvalue weighted by molar-refractivity contribution is 5.42. The number of hydrogen-bond donors (Lipinski definition) is 1. The fraction of sp³-hybridized carbons (Fsp3) is 0.467. The zero-order valence-electron chi connectivity index (χ0n) is 12.0. The Morgan fingerprint density at radius 2 is 2.11 bits per heavy atom. The summed E-state index contributed by atoms with van der Waals surface area (Å²) < 4.78 is 2.16. The van der Waals surface area contributed by atoms with E-state index in [-0.39, 0.29) is 0 Å². The van der Waals surface area contributed by atoms with Crippen LogP contribution in [0.2, 0.25) is 0 Å². The molecular formula is C15H22N4. The Bertz CT molecular complexity index is 531. The SMILES string of the molecule is CCCNCc1cnc(C)cc1-n1ccnc1CC. The first-order chi connectivity index (χ1) is 9.26. The normalized spacial score (nSPS) is 10.9. The van der Waals surface area contributed by atoms with Crippen LogP contribution in [-0.2, 0) is 13.0 Å². The van der Waals surface area contributed by atoms with E-state index in [0.29, 0.717) is 0 Å². The molecule has 0 aliphatic rings. The lowest BCUT2D eigenvalue weighted by Gasteiger charge is -2.13. The van der Waals surface area contributed by atoms with Crippen LogP contribution in [-0.4, -0.2) is 21.1 Å². The van der Waals surface area contributed by atoms with E-state index < -0.39 is 0 Å². The molecule has 19 heavy (non-hydrogen) atoms. The van der Waals surface area contributed by atoms with E-state index in [4.69, 9.17) is 0 Å². The third kappa shape index (κ3) is 3.20. The number of aryl methyl sites for hydroxylation is 2. The maximum Gasteiger partial charge on any atom is 0.112 e. The lowest BCUT2D eigenvalue weighted by molar-refractivity contribution is 0.669. The largest absolute Gasteiger partial charge is 0.313 e. The molecule has 102 valence electrons. The van der Waals surface area contributed by atoms with Crippen molar-refractivity contribution in [2.24, 2.45) is 0 Å². The van der Waals surface area contributed by atoms with Crippen LogP contribution in [0.15, 0.2) is 24.7 Å². The summed E-state index contributed by atoms with van der Waals surface area (Å²) in [6.07, 6.45) is 7.91. The number of nitrogens with one attached hydrogen (secondary N) is 1. The van der Waals surface area contributed by atoms with Gasteiger partial charge >= 0.3 is 0 Å². The van der Waals surface area contributed by atoms with Crippen molar-refractivity contribution in [1.29, 1.82) is 0 Å². The molecule has 0 spiro atoms. The van der Waals surface area contributed by atoms with Crippen LogP contribution >= 0.6 is 0 Å². The molecule has 2 heterocycles. The molecule has 0 aromatic carbocycles. The number of nitrogens with zero attached hydrogens (tertiary/aromatic N) is 3. The Labute approximate surface area is 114 Å². The van der Waals surface area contributed by atoms with Crippen molar-refractivity contribution in [3.05, 3.63) is 41.7 Å². The van der Waals surface area contributed by atoms with Gasteiger partial charge in [0.1, 0.15) is 5.82 Å². The van der Waals surface area contributed by atoms with Gasteiger partial charge in [-0.05, 0) is 26.0 Å². The van der Waals surface area contributed by atoms with Crippen LogP contribution in [0.1, 0.15) is 37.4 Å². The Hall–Kier alpha value is -1.68. The summed E-state index contributed by atoms with van der Waals surface area (Å²) in [5.74, 6) is 1.09. The van der Waals surface area contributed by atoms with E-state index in [1.54, 1.807) is 0 Å². The number of imidazole rings is 1. The number of pyridine rings is 1. The zero-order valence-corrected chi connectivity index (χ0v) is 12.0. The summed E-state index contributed by atoms with van der Waals surface area (Å²) in [6, 6.07) is 2.13. The fourth-order valence-corrected chi connectivity index (χ4v) is 2.15. The average molecular weight is 258 g/mol. The van der Waals surface area contributed by atoms with Crippen LogP contribution in [0, 0.1) is 6.92 Å². The van der Waals surface area contributed by atoms with Gasteiger partial charge in [0.25, 0.3) is 0 Å². The van der Waals surface area contributed by atoms with E-state index in [0.717, 1.165) is 37.4 Å². The second kappa shape index (κ2) is 6.48. The van der Waals surface area contributed by atoms with Crippen molar-refractivity contribution in [3.8, 4) is 5.69 Å². The van der Waals surface area contributed by atoms with Gasteiger partial charge in [0, 0.05) is 42.8 Å². The molecule has 4 nitrogen and oxygen atoms in total. The molecule has 0 atom stereocenters. The minimum absolute atomic E-state index is 0.845. The van der Waals surface area contributed by atoms with Gasteiger partial charge in [0.2, 0.25) is 0 Å². The van der Waals surface area contributed by atoms with E-state index in [1.807, 2.05) is 25.5 Å². The van der Waals surface area contributed by atoms with Crippen LogP contribution < -0.4 is 5.32 Å². The molecule has 2 aromatic rings. The minimum atomic E-state index is 0.845. The van der Waals surface area contributed by atoms with Crippen molar-refractivity contribution in [3.63, 3.8) is 0 Å². The number of hydrogen-bond acceptors (Lipinski definition) is 3. The topological polar surface area (TPSA) is 42.7 Å². The highest BCUT2D eigenvalue weighted by Gasteiger charge is 2.09. The Morgan fingerprint density at radius 3 is 2.84 bits per heavy atom. The molecule has 0 fully saturated rings. The van der Waals surface area contributed by atoms with Crippen molar-refractivity contribution in [1.82, 2.24) is 19.9 Å². The molecule has 0 saturated heterocycles. The van der Waals surface area contributed by atoms with Crippen molar-refractivity contribution >= 4 is 0 Å². The van der Waals surface area contributed by atoms with E-state index in [9.17, 15) is 0 Å². The van der Waals surface area contributed by atoms with Gasteiger partial charge in [-0.15, -0.1) is 0 Å². The van der Waals surface area contributed by atoms with E-state index in [1.165, 1.54) is 11.3 Å². The third-order valence-corrected chi connectivity index (χ3v) is 3.13. The summed E-state index contributed by atoms with van der Waals surface area (Å²) in [5.41, 5.74) is 3.43. The molecule has 0 saturated carbocycles. The van der Waals surface area contributed by atoms with Crippen LogP contribution in [0.25, 0.3) is 5.69 Å². The quantitative estimate of drug-likeness (QED) is 0.810. The molecule has 0 unspecified atom stereocenters. The van der Waals surface area contributed by atoms with Gasteiger partial charge in [-0.3, -0.25) is 4.98 Å². The van der Waals surface area contributed by atoms with E-state index >= 15 is 0 Å². The smallest absolute Gasteiger partial charge is 0.112 e. The van der Waals surface area contributed by atoms with Gasteiger partial charge < -0.3 is 9.88 Å². The summed E-state index contributed by atoms with van der Waals surface area (Å²) in [5, 5.41) is 3.44. The van der Waals surface area contributed by atoms with Gasteiger partial charge in [-0.2, -0.15) is 0 Å². The summed E-state index contributed by atoms with van der Waals surface area (Å²) in [4.78, 5) is 8.81. The second-order valence-corrected chi connectivity index (χ2v) is 4.70. The Kier molecular flexibility index (Phi) is 4.68. The first kappa shape index (κ1) is 13.7. The summed E-state index contributed by atoms with van der Waals surface area (Å²) in [7, 11) is 0. The second-order valence-electron chi connectivity index (χ2n) is 4.70. The van der Waals surface area contributed by atoms with Crippen LogP contribution in [0.4, 0.5) is 0 Å². The molecular weight excluding hydrogens is 236 g/mol. The average Bonchev–Trinajstić information content (AvgIpc) is 2.88. The van der Waals surface area contributed by atoms with Gasteiger partial charge in [0.15, 0.2) is 0 Å². The highest BCUT2D eigenvalue weighted by Crippen LogP contribution is 2.17. The van der Waals surface area contributed by atoms with Gasteiger partial charge in [-0.25, -0.2) is 4.98 Å². The minimum Gasteiger partial charge on any atom is -0.313 e. The zero-order chi connectivity index (χ0) is 13.7. The third-order valence-electron chi connectivity index (χ3n) is 3.13. The van der Waals surface area contributed by atoms with Crippen LogP contribution in [0.3, 0.4) is 0 Å². The van der Waals surface area contributed by atoms with E-state index in [2.05, 4.69) is 39.8 Å². The van der Waals surface area contributed by atoms with Gasteiger partial charge in [-0.1, -0.05) is 13.8 Å². The molecule has 1 N–H and O–H groups in total. The fourth-order valence-electron chi connectivity index (χ4n) is 2.15. The molecule has 2 rings (SSSR count). The Morgan fingerprint density at radius 1 is 1.26 bits per heavy atom. The standard InChI is InChI=1S/C15H22N4/c1-4-6-16-10-13-11-18-12(3)9-14(13)19-8-7-17-15(19)5-2/h7-9,11,16H,4-6,10H2,1-3H3. The maximum atomic E-state index is 4.41. The van der Waals surface area contributed by atoms with Crippen molar-refractivity contribution < 1.29 is 0 Å². The molecule has 0 aliphatic carbocycles. The Balaban J connectivity index is 2.34. The number of aromatic nitrogens is 3.